The Morgan fingerprint density at radius 3 is 2.38 bits per heavy atom. The Bertz CT molecular complexity index is 723. The lowest BCUT2D eigenvalue weighted by molar-refractivity contribution is -0.119. The number of ether oxygens (including phenoxy) is 2. The van der Waals surface area contributed by atoms with Crippen LogP contribution in [0.15, 0.2) is 40.9 Å². The molecule has 0 aliphatic heterocycles. The van der Waals surface area contributed by atoms with Gasteiger partial charge in [-0.3, -0.25) is 4.79 Å². The highest BCUT2D eigenvalue weighted by Gasteiger charge is 2.13. The summed E-state index contributed by atoms with van der Waals surface area (Å²) in [6.07, 6.45) is 0. The van der Waals surface area contributed by atoms with Crippen LogP contribution < -0.4 is 20.5 Å². The number of amides is 1. The molecule has 0 aromatic heterocycles. The lowest BCUT2D eigenvalue weighted by Crippen LogP contribution is -2.20. The molecule has 0 radical (unpaired) electrons. The average molecular weight is 444 g/mol. The molecule has 26 heavy (non-hydrogen) atoms. The summed E-state index contributed by atoms with van der Waals surface area (Å²) in [7, 11) is 0. The first-order valence-electron chi connectivity index (χ1n) is 8.12. The number of nitrogens with one attached hydrogen (secondary N) is 1. The van der Waals surface area contributed by atoms with Crippen LogP contribution in [-0.4, -0.2) is 19.1 Å². The van der Waals surface area contributed by atoms with E-state index in [-0.39, 0.29) is 19.0 Å². The molecule has 0 saturated carbocycles. The predicted molar refractivity (Wildman–Crippen MR) is 109 cm³/mol. The van der Waals surface area contributed by atoms with E-state index in [0.29, 0.717) is 24.7 Å². The van der Waals surface area contributed by atoms with Gasteiger partial charge in [0.15, 0.2) is 18.1 Å². The summed E-state index contributed by atoms with van der Waals surface area (Å²) >= 11 is 3.48. The minimum absolute atomic E-state index is 0. The van der Waals surface area contributed by atoms with Gasteiger partial charge in [0.1, 0.15) is 0 Å². The fraction of sp³-hybridized carbons (Fsp3) is 0.316. The molecule has 0 heterocycles. The predicted octanol–water partition coefficient (Wildman–Crippen LogP) is 3.73. The van der Waals surface area contributed by atoms with E-state index in [0.717, 1.165) is 16.6 Å². The first-order chi connectivity index (χ1) is 12.0. The fourth-order valence-electron chi connectivity index (χ4n) is 2.33. The molecule has 142 valence electrons. The Labute approximate surface area is 168 Å². The number of benzene rings is 2. The van der Waals surface area contributed by atoms with Crippen molar-refractivity contribution in [2.24, 2.45) is 5.73 Å². The molecule has 0 saturated heterocycles. The molecular formula is C19H24BrClN2O3. The summed E-state index contributed by atoms with van der Waals surface area (Å²) in [6.45, 7) is 5.74. The Morgan fingerprint density at radius 2 is 1.77 bits per heavy atom. The first-order valence-corrected chi connectivity index (χ1v) is 8.91. The van der Waals surface area contributed by atoms with Gasteiger partial charge in [-0.2, -0.15) is 0 Å². The van der Waals surface area contributed by atoms with Gasteiger partial charge in [-0.05, 0) is 53.0 Å². The van der Waals surface area contributed by atoms with Gasteiger partial charge in [0, 0.05) is 13.1 Å². The van der Waals surface area contributed by atoms with E-state index in [1.807, 2.05) is 19.1 Å². The third kappa shape index (κ3) is 6.86. The molecule has 3 N–H and O–H groups in total. The van der Waals surface area contributed by atoms with E-state index in [2.05, 4.69) is 52.4 Å². The minimum atomic E-state index is -0.529. The molecule has 0 unspecified atom stereocenters. The summed E-state index contributed by atoms with van der Waals surface area (Å²) in [4.78, 5) is 10.9. The van der Waals surface area contributed by atoms with Crippen LogP contribution in [0.2, 0.25) is 0 Å². The standard InChI is InChI=1S/C19H23BrN2O3.ClH/c1-3-24-17-9-15(8-16(20)19(17)25-12-18(21)23)11-22-10-14-6-4-13(2)5-7-14;/h4-9,22H,3,10-12H2,1-2H3,(H2,21,23);1H. The van der Waals surface area contributed by atoms with Crippen molar-refractivity contribution in [1.82, 2.24) is 5.32 Å². The van der Waals surface area contributed by atoms with Gasteiger partial charge in [0.05, 0.1) is 11.1 Å². The number of hydrogen-bond donors (Lipinski definition) is 2. The zero-order chi connectivity index (χ0) is 18.2. The van der Waals surface area contributed by atoms with E-state index in [9.17, 15) is 4.79 Å². The van der Waals surface area contributed by atoms with Crippen LogP contribution in [0.1, 0.15) is 23.6 Å². The minimum Gasteiger partial charge on any atom is -0.490 e. The molecule has 0 atom stereocenters. The summed E-state index contributed by atoms with van der Waals surface area (Å²) < 4.78 is 11.8. The summed E-state index contributed by atoms with van der Waals surface area (Å²) in [5.41, 5.74) is 8.68. The highest BCUT2D eigenvalue weighted by Crippen LogP contribution is 2.37. The maximum absolute atomic E-state index is 10.9. The number of carbonyl (C=O) groups excluding carboxylic acids is 1. The molecule has 5 nitrogen and oxygen atoms in total. The number of carbonyl (C=O) groups is 1. The second-order valence-corrected chi connectivity index (χ2v) is 6.54. The van der Waals surface area contributed by atoms with E-state index in [1.165, 1.54) is 11.1 Å². The highest BCUT2D eigenvalue weighted by molar-refractivity contribution is 9.10. The van der Waals surface area contributed by atoms with Gasteiger partial charge in [0.25, 0.3) is 5.91 Å². The highest BCUT2D eigenvalue weighted by atomic mass is 79.9. The van der Waals surface area contributed by atoms with Crippen LogP contribution in [0.5, 0.6) is 11.5 Å². The van der Waals surface area contributed by atoms with Gasteiger partial charge in [0.2, 0.25) is 0 Å². The van der Waals surface area contributed by atoms with E-state index < -0.39 is 5.91 Å². The third-order valence-electron chi connectivity index (χ3n) is 3.51. The van der Waals surface area contributed by atoms with Gasteiger partial charge in [-0.25, -0.2) is 0 Å². The Balaban J connectivity index is 0.00000338. The zero-order valence-corrected chi connectivity index (χ0v) is 17.3. The van der Waals surface area contributed by atoms with Crippen molar-refractivity contribution in [3.8, 4) is 11.5 Å². The van der Waals surface area contributed by atoms with E-state index in [4.69, 9.17) is 15.2 Å². The fourth-order valence-corrected chi connectivity index (χ4v) is 2.93. The molecule has 2 aromatic rings. The van der Waals surface area contributed by atoms with Crippen LogP contribution in [0.3, 0.4) is 0 Å². The van der Waals surface area contributed by atoms with Crippen LogP contribution in [0, 0.1) is 6.92 Å². The van der Waals surface area contributed by atoms with Crippen molar-refractivity contribution in [2.45, 2.75) is 26.9 Å². The lowest BCUT2D eigenvalue weighted by atomic mass is 10.1. The number of aryl methyl sites for hydroxylation is 1. The molecule has 0 bridgehead atoms. The van der Waals surface area contributed by atoms with Crippen LogP contribution in [0.4, 0.5) is 0 Å². The normalized spacial score (nSPS) is 10.1. The van der Waals surface area contributed by atoms with Gasteiger partial charge >= 0.3 is 0 Å². The second kappa shape index (κ2) is 11.1. The largest absolute Gasteiger partial charge is 0.490 e. The van der Waals surface area contributed by atoms with E-state index >= 15 is 0 Å². The molecular weight excluding hydrogens is 420 g/mol. The first kappa shape index (κ1) is 22.3. The van der Waals surface area contributed by atoms with Crippen molar-refractivity contribution < 1.29 is 14.3 Å². The molecule has 1 amide bonds. The Morgan fingerprint density at radius 1 is 1.12 bits per heavy atom. The van der Waals surface area contributed by atoms with Crippen molar-refractivity contribution in [3.63, 3.8) is 0 Å². The van der Waals surface area contributed by atoms with Gasteiger partial charge < -0.3 is 20.5 Å². The van der Waals surface area contributed by atoms with E-state index in [1.54, 1.807) is 0 Å². The number of primary amides is 1. The topological polar surface area (TPSA) is 73.6 Å². The van der Waals surface area contributed by atoms with Gasteiger partial charge in [-0.1, -0.05) is 29.8 Å². The third-order valence-corrected chi connectivity index (χ3v) is 4.10. The molecule has 0 fully saturated rings. The number of halogens is 2. The maximum atomic E-state index is 10.9. The number of nitrogens with two attached hydrogens (primary N) is 1. The Kier molecular flexibility index (Phi) is 9.48. The molecule has 2 aromatic carbocycles. The summed E-state index contributed by atoms with van der Waals surface area (Å²) in [5.74, 6) is 0.548. The monoisotopic (exact) mass is 442 g/mol. The van der Waals surface area contributed by atoms with Crippen molar-refractivity contribution >= 4 is 34.2 Å². The maximum Gasteiger partial charge on any atom is 0.255 e. The van der Waals surface area contributed by atoms with Crippen molar-refractivity contribution in [1.29, 1.82) is 0 Å². The molecule has 2 rings (SSSR count). The van der Waals surface area contributed by atoms with Crippen molar-refractivity contribution in [3.05, 3.63) is 57.6 Å². The molecule has 0 aliphatic carbocycles. The van der Waals surface area contributed by atoms with Crippen molar-refractivity contribution in [2.75, 3.05) is 13.2 Å². The van der Waals surface area contributed by atoms with Crippen LogP contribution in [-0.2, 0) is 17.9 Å². The summed E-state index contributed by atoms with van der Waals surface area (Å²) in [5, 5.41) is 3.41. The van der Waals surface area contributed by atoms with Gasteiger partial charge in [-0.15, -0.1) is 12.4 Å². The lowest BCUT2D eigenvalue weighted by Gasteiger charge is -2.15. The smallest absolute Gasteiger partial charge is 0.255 e. The molecule has 0 aliphatic rings. The molecule has 7 heteroatoms. The SMILES string of the molecule is CCOc1cc(CNCc2ccc(C)cc2)cc(Br)c1OCC(N)=O.Cl. The molecule has 0 spiro atoms. The summed E-state index contributed by atoms with van der Waals surface area (Å²) in [6, 6.07) is 12.3. The second-order valence-electron chi connectivity index (χ2n) is 5.68. The number of hydrogen-bond acceptors (Lipinski definition) is 4. The van der Waals surface area contributed by atoms with Crippen LogP contribution >= 0.6 is 28.3 Å². The number of rotatable bonds is 9. The Hall–Kier alpha value is -1.76. The van der Waals surface area contributed by atoms with Crippen LogP contribution in [0.25, 0.3) is 0 Å². The average Bonchev–Trinajstić information content (AvgIpc) is 2.56. The zero-order valence-electron chi connectivity index (χ0n) is 14.9. The quantitative estimate of drug-likeness (QED) is 0.619.